The summed E-state index contributed by atoms with van der Waals surface area (Å²) >= 11 is 0. The molecule has 0 atom stereocenters. The maximum Gasteiger partial charge on any atom is 0.246 e. The molecular formula is C22H26N2O. The number of piperidine rings is 1. The molecule has 1 heterocycles. The molecule has 2 N–H and O–H groups in total. The molecule has 1 saturated heterocycles. The lowest BCUT2D eigenvalue weighted by atomic mass is 9.88. The third kappa shape index (κ3) is 4.37. The first kappa shape index (κ1) is 17.4. The van der Waals surface area contributed by atoms with E-state index in [1.165, 1.54) is 16.7 Å². The van der Waals surface area contributed by atoms with Crippen LogP contribution in [0.3, 0.4) is 0 Å². The van der Waals surface area contributed by atoms with Crippen LogP contribution in [0, 0.1) is 6.92 Å². The van der Waals surface area contributed by atoms with Crippen LogP contribution in [-0.2, 0) is 11.3 Å². The van der Waals surface area contributed by atoms with Crippen molar-refractivity contribution in [2.75, 3.05) is 13.1 Å². The highest BCUT2D eigenvalue weighted by atomic mass is 16.2. The lowest BCUT2D eigenvalue weighted by Gasteiger charge is -2.31. The molecule has 25 heavy (non-hydrogen) atoms. The van der Waals surface area contributed by atoms with E-state index in [9.17, 15) is 4.79 Å². The number of carbonyl (C=O) groups is 1. The van der Waals surface area contributed by atoms with E-state index in [0.717, 1.165) is 31.5 Å². The van der Waals surface area contributed by atoms with Crippen molar-refractivity contribution in [2.24, 2.45) is 5.73 Å². The lowest BCUT2D eigenvalue weighted by Crippen LogP contribution is -2.36. The van der Waals surface area contributed by atoms with E-state index in [-0.39, 0.29) is 5.91 Å². The topological polar surface area (TPSA) is 46.3 Å². The van der Waals surface area contributed by atoms with E-state index in [2.05, 4.69) is 37.3 Å². The van der Waals surface area contributed by atoms with E-state index in [0.29, 0.717) is 12.5 Å². The maximum absolute atomic E-state index is 12.4. The normalized spacial score (nSPS) is 15.7. The van der Waals surface area contributed by atoms with Gasteiger partial charge in [-0.3, -0.25) is 4.79 Å². The predicted octanol–water partition coefficient (Wildman–Crippen LogP) is 3.87. The van der Waals surface area contributed by atoms with Crippen LogP contribution >= 0.6 is 0 Å². The Labute approximate surface area is 150 Å². The van der Waals surface area contributed by atoms with E-state index in [1.54, 1.807) is 6.08 Å². The molecule has 0 unspecified atom stereocenters. The smallest absolute Gasteiger partial charge is 0.246 e. The van der Waals surface area contributed by atoms with E-state index >= 15 is 0 Å². The summed E-state index contributed by atoms with van der Waals surface area (Å²) in [6, 6.07) is 16.6. The van der Waals surface area contributed by atoms with Crippen molar-refractivity contribution in [1.29, 1.82) is 0 Å². The third-order valence-corrected chi connectivity index (χ3v) is 5.06. The van der Waals surface area contributed by atoms with E-state index in [4.69, 9.17) is 5.73 Å². The van der Waals surface area contributed by atoms with Gasteiger partial charge in [-0.15, -0.1) is 0 Å². The van der Waals surface area contributed by atoms with Crippen LogP contribution in [0.5, 0.6) is 0 Å². The second kappa shape index (κ2) is 8.13. The molecule has 1 aliphatic rings. The van der Waals surface area contributed by atoms with Crippen LogP contribution in [0.15, 0.2) is 54.6 Å². The van der Waals surface area contributed by atoms with Gasteiger partial charge in [-0.1, -0.05) is 48.5 Å². The molecule has 130 valence electrons. The van der Waals surface area contributed by atoms with Gasteiger partial charge >= 0.3 is 0 Å². The van der Waals surface area contributed by atoms with Gasteiger partial charge in [0.2, 0.25) is 5.91 Å². The average Bonchev–Trinajstić information content (AvgIpc) is 2.67. The van der Waals surface area contributed by atoms with E-state index in [1.807, 2.05) is 29.2 Å². The molecule has 1 amide bonds. The zero-order valence-electron chi connectivity index (χ0n) is 14.8. The summed E-state index contributed by atoms with van der Waals surface area (Å²) in [6.07, 6.45) is 5.65. The van der Waals surface area contributed by atoms with Gasteiger partial charge in [0.1, 0.15) is 0 Å². The van der Waals surface area contributed by atoms with Crippen molar-refractivity contribution in [3.05, 3.63) is 76.9 Å². The molecule has 1 aliphatic heterocycles. The van der Waals surface area contributed by atoms with Crippen LogP contribution in [0.25, 0.3) is 6.08 Å². The quantitative estimate of drug-likeness (QED) is 0.863. The highest BCUT2D eigenvalue weighted by Gasteiger charge is 2.22. The van der Waals surface area contributed by atoms with Crippen molar-refractivity contribution in [1.82, 2.24) is 4.90 Å². The Balaban J connectivity index is 1.58. The molecule has 3 rings (SSSR count). The summed E-state index contributed by atoms with van der Waals surface area (Å²) in [5.74, 6) is 0.633. The van der Waals surface area contributed by atoms with Crippen molar-refractivity contribution < 1.29 is 4.79 Å². The van der Waals surface area contributed by atoms with Gasteiger partial charge in [-0.25, -0.2) is 0 Å². The number of rotatable bonds is 4. The number of amides is 1. The fourth-order valence-corrected chi connectivity index (χ4v) is 3.45. The predicted molar refractivity (Wildman–Crippen MR) is 103 cm³/mol. The standard InChI is InChI=1S/C22H26N2O/c1-17-5-2-3-7-19(17)9-10-22(25)24-13-11-20(12-14-24)21-8-4-6-18(15-21)16-23/h2-10,15,20H,11-14,16,23H2,1H3. The van der Waals surface area contributed by atoms with Crippen molar-refractivity contribution in [2.45, 2.75) is 32.2 Å². The molecule has 2 aromatic rings. The first-order valence-corrected chi connectivity index (χ1v) is 8.99. The molecule has 3 heteroatoms. The fourth-order valence-electron chi connectivity index (χ4n) is 3.45. The number of carbonyl (C=O) groups excluding carboxylic acids is 1. The highest BCUT2D eigenvalue weighted by Crippen LogP contribution is 2.28. The molecule has 0 bridgehead atoms. The Hall–Kier alpha value is -2.39. The number of aryl methyl sites for hydroxylation is 1. The van der Waals surface area contributed by atoms with Gasteiger partial charge < -0.3 is 10.6 Å². The second-order valence-corrected chi connectivity index (χ2v) is 6.74. The van der Waals surface area contributed by atoms with Gasteiger partial charge in [0, 0.05) is 25.7 Å². The number of nitrogens with zero attached hydrogens (tertiary/aromatic N) is 1. The Morgan fingerprint density at radius 3 is 2.64 bits per heavy atom. The van der Waals surface area contributed by atoms with Crippen LogP contribution < -0.4 is 5.73 Å². The molecule has 0 aromatic heterocycles. The Kier molecular flexibility index (Phi) is 5.67. The van der Waals surface area contributed by atoms with Gasteiger partial charge in [-0.2, -0.15) is 0 Å². The molecular weight excluding hydrogens is 308 g/mol. The zero-order chi connectivity index (χ0) is 17.6. The monoisotopic (exact) mass is 334 g/mol. The summed E-state index contributed by atoms with van der Waals surface area (Å²) in [6.45, 7) is 4.27. The molecule has 0 aliphatic carbocycles. The largest absolute Gasteiger partial charge is 0.339 e. The highest BCUT2D eigenvalue weighted by molar-refractivity contribution is 5.92. The summed E-state index contributed by atoms with van der Waals surface area (Å²) in [4.78, 5) is 14.4. The first-order valence-electron chi connectivity index (χ1n) is 8.99. The molecule has 0 radical (unpaired) electrons. The molecule has 3 nitrogen and oxygen atoms in total. The van der Waals surface area contributed by atoms with Gasteiger partial charge in [0.15, 0.2) is 0 Å². The SMILES string of the molecule is Cc1ccccc1C=CC(=O)N1CCC(c2cccc(CN)c2)CC1. The Bertz CT molecular complexity index is 758. The number of likely N-dealkylation sites (tertiary alicyclic amines) is 1. The Morgan fingerprint density at radius 1 is 1.16 bits per heavy atom. The molecule has 1 fully saturated rings. The minimum Gasteiger partial charge on any atom is -0.339 e. The number of hydrogen-bond acceptors (Lipinski definition) is 2. The molecule has 0 spiro atoms. The van der Waals surface area contributed by atoms with Gasteiger partial charge in [0.25, 0.3) is 0 Å². The summed E-state index contributed by atoms with van der Waals surface area (Å²) in [5.41, 5.74) is 10.6. The molecule has 0 saturated carbocycles. The Morgan fingerprint density at radius 2 is 1.92 bits per heavy atom. The van der Waals surface area contributed by atoms with E-state index < -0.39 is 0 Å². The third-order valence-electron chi connectivity index (χ3n) is 5.06. The summed E-state index contributed by atoms with van der Waals surface area (Å²) in [5, 5.41) is 0. The average molecular weight is 334 g/mol. The summed E-state index contributed by atoms with van der Waals surface area (Å²) < 4.78 is 0. The first-order chi connectivity index (χ1) is 12.2. The number of nitrogens with two attached hydrogens (primary N) is 1. The van der Waals surface area contributed by atoms with Crippen LogP contribution in [-0.4, -0.2) is 23.9 Å². The van der Waals surface area contributed by atoms with Crippen LogP contribution in [0.4, 0.5) is 0 Å². The van der Waals surface area contributed by atoms with Gasteiger partial charge in [-0.05, 0) is 54.0 Å². The van der Waals surface area contributed by atoms with Crippen LogP contribution in [0.1, 0.15) is 41.0 Å². The summed E-state index contributed by atoms with van der Waals surface area (Å²) in [7, 11) is 0. The number of benzene rings is 2. The van der Waals surface area contributed by atoms with Crippen molar-refractivity contribution >= 4 is 12.0 Å². The van der Waals surface area contributed by atoms with Gasteiger partial charge in [0.05, 0.1) is 0 Å². The van der Waals surface area contributed by atoms with Crippen LogP contribution in [0.2, 0.25) is 0 Å². The zero-order valence-corrected chi connectivity index (χ0v) is 14.8. The second-order valence-electron chi connectivity index (χ2n) is 6.74. The van der Waals surface area contributed by atoms with Crippen molar-refractivity contribution in [3.8, 4) is 0 Å². The molecule has 2 aromatic carbocycles. The minimum absolute atomic E-state index is 0.109. The van der Waals surface area contributed by atoms with Crippen molar-refractivity contribution in [3.63, 3.8) is 0 Å². The lowest BCUT2D eigenvalue weighted by molar-refractivity contribution is -0.126. The minimum atomic E-state index is 0.109. The maximum atomic E-state index is 12.4. The fraction of sp³-hybridized carbons (Fsp3) is 0.318. The number of hydrogen-bond donors (Lipinski definition) is 1.